The van der Waals surface area contributed by atoms with E-state index in [-0.39, 0.29) is 5.91 Å². The normalized spacial score (nSPS) is 11.0. The molecule has 2 heterocycles. The topological polar surface area (TPSA) is 85.6 Å². The lowest BCUT2D eigenvalue weighted by Gasteiger charge is -2.09. The van der Waals surface area contributed by atoms with Crippen molar-refractivity contribution in [2.24, 2.45) is 5.92 Å². The predicted molar refractivity (Wildman–Crippen MR) is 109 cm³/mol. The van der Waals surface area contributed by atoms with Crippen molar-refractivity contribution < 1.29 is 4.79 Å². The van der Waals surface area contributed by atoms with E-state index < -0.39 is 0 Å². The zero-order valence-corrected chi connectivity index (χ0v) is 17.1. The molecule has 1 N–H and O–H groups in total. The van der Waals surface area contributed by atoms with Crippen LogP contribution >= 0.6 is 11.8 Å². The summed E-state index contributed by atoms with van der Waals surface area (Å²) < 4.78 is 1.72. The van der Waals surface area contributed by atoms with Crippen LogP contribution in [0.2, 0.25) is 0 Å². The Kier molecular flexibility index (Phi) is 6.76. The Bertz CT molecular complexity index is 908. The molecule has 0 fully saturated rings. The largest absolute Gasteiger partial charge is 0.351 e. The van der Waals surface area contributed by atoms with E-state index >= 15 is 0 Å². The van der Waals surface area contributed by atoms with E-state index in [4.69, 9.17) is 0 Å². The molecule has 3 rings (SSSR count). The molecule has 7 nitrogen and oxygen atoms in total. The molecule has 0 aliphatic rings. The third kappa shape index (κ3) is 5.16. The molecule has 0 atom stereocenters. The number of amides is 1. The van der Waals surface area contributed by atoms with Gasteiger partial charge in [-0.1, -0.05) is 48.5 Å². The summed E-state index contributed by atoms with van der Waals surface area (Å²) in [6, 6.07) is 9.73. The molecule has 0 saturated carbocycles. The van der Waals surface area contributed by atoms with Gasteiger partial charge in [0.25, 0.3) is 5.91 Å². The van der Waals surface area contributed by atoms with Gasteiger partial charge in [-0.2, -0.15) is 0 Å². The summed E-state index contributed by atoms with van der Waals surface area (Å²) in [6.45, 7) is 6.90. The number of rotatable bonds is 8. The quantitative estimate of drug-likeness (QED) is 0.464. The van der Waals surface area contributed by atoms with Crippen LogP contribution in [0.5, 0.6) is 0 Å². The van der Waals surface area contributed by atoms with Crippen LogP contribution < -0.4 is 5.32 Å². The zero-order chi connectivity index (χ0) is 19.9. The van der Waals surface area contributed by atoms with Gasteiger partial charge in [0.15, 0.2) is 10.9 Å². The van der Waals surface area contributed by atoms with Crippen LogP contribution in [0.15, 0.2) is 47.9 Å². The van der Waals surface area contributed by atoms with Gasteiger partial charge < -0.3 is 5.32 Å². The first-order valence-corrected chi connectivity index (χ1v) is 10.2. The van der Waals surface area contributed by atoms with Crippen molar-refractivity contribution in [3.8, 4) is 5.69 Å². The van der Waals surface area contributed by atoms with Gasteiger partial charge in [0.2, 0.25) is 0 Å². The molecule has 3 aromatic rings. The van der Waals surface area contributed by atoms with Crippen molar-refractivity contribution >= 4 is 17.7 Å². The number of carbonyl (C=O) groups excluding carboxylic acids is 1. The van der Waals surface area contributed by atoms with Crippen molar-refractivity contribution in [1.82, 2.24) is 30.3 Å². The van der Waals surface area contributed by atoms with Gasteiger partial charge in [0.1, 0.15) is 0 Å². The Morgan fingerprint density at radius 1 is 1.18 bits per heavy atom. The summed E-state index contributed by atoms with van der Waals surface area (Å²) in [7, 11) is 0. The zero-order valence-electron chi connectivity index (χ0n) is 16.3. The van der Waals surface area contributed by atoms with Crippen LogP contribution in [0.1, 0.15) is 42.0 Å². The van der Waals surface area contributed by atoms with E-state index in [0.717, 1.165) is 23.4 Å². The molecule has 0 unspecified atom stereocenters. The standard InChI is InChI=1S/C20H24N6OS/c1-14(2)9-12-21-19(27)18-17(13-28-20-22-10-4-11-23-20)26(25-24-18)16-7-5-15(3)6-8-16/h4-8,10-11,14H,9,12-13H2,1-3H3,(H,21,27). The van der Waals surface area contributed by atoms with Crippen LogP contribution in [-0.4, -0.2) is 37.4 Å². The highest BCUT2D eigenvalue weighted by Gasteiger charge is 2.21. The summed E-state index contributed by atoms with van der Waals surface area (Å²) >= 11 is 1.45. The highest BCUT2D eigenvalue weighted by Crippen LogP contribution is 2.23. The van der Waals surface area contributed by atoms with Crippen LogP contribution in [0, 0.1) is 12.8 Å². The molecule has 1 aromatic carbocycles. The molecule has 8 heteroatoms. The van der Waals surface area contributed by atoms with Crippen LogP contribution in [-0.2, 0) is 5.75 Å². The Hall–Kier alpha value is -2.74. The van der Waals surface area contributed by atoms with E-state index in [2.05, 4.69) is 39.4 Å². The fraction of sp³-hybridized carbons (Fsp3) is 0.350. The Morgan fingerprint density at radius 3 is 2.57 bits per heavy atom. The molecule has 0 spiro atoms. The lowest BCUT2D eigenvalue weighted by molar-refractivity contribution is 0.0946. The molecular formula is C20H24N6OS. The highest BCUT2D eigenvalue weighted by molar-refractivity contribution is 7.98. The maximum atomic E-state index is 12.7. The molecule has 0 radical (unpaired) electrons. The number of aromatic nitrogens is 5. The monoisotopic (exact) mass is 396 g/mol. The van der Waals surface area contributed by atoms with Crippen LogP contribution in [0.3, 0.4) is 0 Å². The molecule has 1 amide bonds. The van der Waals surface area contributed by atoms with Gasteiger partial charge in [0.05, 0.1) is 11.4 Å². The van der Waals surface area contributed by atoms with Gasteiger partial charge in [-0.15, -0.1) is 5.10 Å². The van der Waals surface area contributed by atoms with E-state index in [9.17, 15) is 4.79 Å². The average Bonchev–Trinajstić information content (AvgIpc) is 3.11. The Morgan fingerprint density at radius 2 is 1.89 bits per heavy atom. The predicted octanol–water partition coefficient (Wildman–Crippen LogP) is 3.43. The number of hydrogen-bond acceptors (Lipinski definition) is 6. The second-order valence-electron chi connectivity index (χ2n) is 6.89. The second kappa shape index (κ2) is 9.45. The summed E-state index contributed by atoms with van der Waals surface area (Å²) in [5, 5.41) is 12.0. The number of hydrogen-bond donors (Lipinski definition) is 1. The fourth-order valence-electron chi connectivity index (χ4n) is 2.55. The Labute approximate surface area is 169 Å². The van der Waals surface area contributed by atoms with Gasteiger partial charge in [-0.3, -0.25) is 4.79 Å². The molecular weight excluding hydrogens is 372 g/mol. The average molecular weight is 397 g/mol. The van der Waals surface area contributed by atoms with Crippen LogP contribution in [0.25, 0.3) is 5.69 Å². The number of aryl methyl sites for hydroxylation is 1. The first-order valence-electron chi connectivity index (χ1n) is 9.24. The molecule has 28 heavy (non-hydrogen) atoms. The van der Waals surface area contributed by atoms with Crippen LogP contribution in [0.4, 0.5) is 0 Å². The summed E-state index contributed by atoms with van der Waals surface area (Å²) in [4.78, 5) is 21.2. The molecule has 0 bridgehead atoms. The maximum Gasteiger partial charge on any atom is 0.273 e. The minimum atomic E-state index is -0.205. The lowest BCUT2D eigenvalue weighted by Crippen LogP contribution is -2.26. The molecule has 0 aliphatic carbocycles. The minimum absolute atomic E-state index is 0.205. The second-order valence-corrected chi connectivity index (χ2v) is 7.83. The molecule has 2 aromatic heterocycles. The maximum absolute atomic E-state index is 12.7. The third-order valence-corrected chi connectivity index (χ3v) is 5.03. The van der Waals surface area contributed by atoms with Gasteiger partial charge in [0, 0.05) is 24.7 Å². The van der Waals surface area contributed by atoms with E-state index in [1.165, 1.54) is 11.8 Å². The Balaban J connectivity index is 1.86. The third-order valence-electron chi connectivity index (χ3n) is 4.14. The number of benzene rings is 1. The lowest BCUT2D eigenvalue weighted by atomic mass is 10.1. The minimum Gasteiger partial charge on any atom is -0.351 e. The number of nitrogens with zero attached hydrogens (tertiary/aromatic N) is 5. The van der Waals surface area contributed by atoms with Gasteiger partial charge in [-0.05, 0) is 37.5 Å². The smallest absolute Gasteiger partial charge is 0.273 e. The SMILES string of the molecule is Cc1ccc(-n2nnc(C(=O)NCCC(C)C)c2CSc2ncccn2)cc1. The van der Waals surface area contributed by atoms with Crippen molar-refractivity contribution in [1.29, 1.82) is 0 Å². The summed E-state index contributed by atoms with van der Waals surface area (Å²) in [5.74, 6) is 0.801. The molecule has 146 valence electrons. The number of thioether (sulfide) groups is 1. The fourth-order valence-corrected chi connectivity index (χ4v) is 3.35. The highest BCUT2D eigenvalue weighted by atomic mass is 32.2. The van der Waals surface area contributed by atoms with Crippen molar-refractivity contribution in [2.45, 2.75) is 38.1 Å². The molecule has 0 saturated heterocycles. The van der Waals surface area contributed by atoms with Gasteiger partial charge >= 0.3 is 0 Å². The first kappa shape index (κ1) is 20.0. The first-order chi connectivity index (χ1) is 13.5. The molecule has 0 aliphatic heterocycles. The summed E-state index contributed by atoms with van der Waals surface area (Å²) in [5.41, 5.74) is 3.09. The van der Waals surface area contributed by atoms with Crippen molar-refractivity contribution in [3.05, 3.63) is 59.7 Å². The van der Waals surface area contributed by atoms with E-state index in [1.54, 1.807) is 23.1 Å². The number of nitrogens with one attached hydrogen (secondary N) is 1. The van der Waals surface area contributed by atoms with E-state index in [0.29, 0.717) is 29.1 Å². The van der Waals surface area contributed by atoms with Crippen molar-refractivity contribution in [2.75, 3.05) is 6.54 Å². The van der Waals surface area contributed by atoms with E-state index in [1.807, 2.05) is 31.2 Å². The van der Waals surface area contributed by atoms with Crippen molar-refractivity contribution in [3.63, 3.8) is 0 Å². The van der Waals surface area contributed by atoms with Gasteiger partial charge in [-0.25, -0.2) is 14.6 Å². The number of carbonyl (C=O) groups is 1. The summed E-state index contributed by atoms with van der Waals surface area (Å²) in [6.07, 6.45) is 4.31.